The van der Waals surface area contributed by atoms with Gasteiger partial charge in [0.2, 0.25) is 0 Å². The van der Waals surface area contributed by atoms with Gasteiger partial charge in [0.05, 0.1) is 11.4 Å². The van der Waals surface area contributed by atoms with Crippen LogP contribution in [0.15, 0.2) is 71.0 Å². The molecule has 0 aliphatic carbocycles. The molecule has 2 heterocycles. The van der Waals surface area contributed by atoms with Crippen molar-refractivity contribution in [3.05, 3.63) is 93.6 Å². The molecule has 4 rings (SSSR count). The minimum absolute atomic E-state index is 0.0736. The Labute approximate surface area is 155 Å². The Balaban J connectivity index is 1.82. The molecule has 1 aromatic heterocycles. The van der Waals surface area contributed by atoms with Crippen LogP contribution in [0.25, 0.3) is 5.69 Å². The highest BCUT2D eigenvalue weighted by atomic mass is 32.2. The minimum atomic E-state index is -0.265. The fraction of sp³-hybridized carbons (Fsp3) is 0.150. The summed E-state index contributed by atoms with van der Waals surface area (Å²) >= 11 is 1.60. The molecule has 0 bridgehead atoms. The zero-order chi connectivity index (χ0) is 18.3. The van der Waals surface area contributed by atoms with Crippen LogP contribution < -0.4 is 10.5 Å². The topological polar surface area (TPSA) is 30.2 Å². The lowest BCUT2D eigenvalue weighted by Crippen LogP contribution is -2.26. The van der Waals surface area contributed by atoms with E-state index < -0.39 is 0 Å². The van der Waals surface area contributed by atoms with Crippen LogP contribution in [-0.4, -0.2) is 9.36 Å². The number of hydrogen-bond acceptors (Lipinski definition) is 3. The van der Waals surface area contributed by atoms with Crippen LogP contribution in [-0.2, 0) is 7.05 Å². The average Bonchev–Trinajstić information content (AvgIpc) is 3.20. The van der Waals surface area contributed by atoms with Gasteiger partial charge in [0.1, 0.15) is 16.9 Å². The highest BCUT2D eigenvalue weighted by Crippen LogP contribution is 2.41. The number of anilines is 1. The third-order valence-electron chi connectivity index (χ3n) is 4.62. The van der Waals surface area contributed by atoms with E-state index in [2.05, 4.69) is 0 Å². The summed E-state index contributed by atoms with van der Waals surface area (Å²) < 4.78 is 16.8. The number of benzene rings is 2. The fourth-order valence-corrected chi connectivity index (χ4v) is 4.20. The molecule has 0 radical (unpaired) electrons. The molecule has 0 spiro atoms. The van der Waals surface area contributed by atoms with Crippen molar-refractivity contribution >= 4 is 17.4 Å². The maximum Gasteiger partial charge on any atom is 0.295 e. The van der Waals surface area contributed by atoms with Gasteiger partial charge in [-0.15, -0.1) is 11.8 Å². The van der Waals surface area contributed by atoms with E-state index in [1.54, 1.807) is 28.6 Å². The van der Waals surface area contributed by atoms with Gasteiger partial charge in [0.25, 0.3) is 5.56 Å². The van der Waals surface area contributed by atoms with Crippen molar-refractivity contribution in [2.45, 2.75) is 12.3 Å². The summed E-state index contributed by atoms with van der Waals surface area (Å²) in [5.74, 6) is -0.265. The lowest BCUT2D eigenvalue weighted by atomic mass is 10.2. The Morgan fingerprint density at radius 2 is 1.73 bits per heavy atom. The predicted octanol–water partition coefficient (Wildman–Crippen LogP) is 4.35. The molecule has 0 saturated carbocycles. The van der Waals surface area contributed by atoms with E-state index in [1.807, 2.05) is 65.5 Å². The number of thioether (sulfide) groups is 1. The van der Waals surface area contributed by atoms with E-state index in [9.17, 15) is 9.18 Å². The van der Waals surface area contributed by atoms with Gasteiger partial charge in [0, 0.05) is 13.2 Å². The third kappa shape index (κ3) is 2.66. The van der Waals surface area contributed by atoms with Gasteiger partial charge in [-0.1, -0.05) is 30.3 Å². The molecule has 1 aliphatic rings. The van der Waals surface area contributed by atoms with Gasteiger partial charge in [-0.3, -0.25) is 9.48 Å². The predicted molar refractivity (Wildman–Crippen MR) is 104 cm³/mol. The first-order chi connectivity index (χ1) is 12.6. The van der Waals surface area contributed by atoms with Gasteiger partial charge in [-0.05, 0) is 42.2 Å². The number of aromatic nitrogens is 2. The molecular weight excluding hydrogens is 349 g/mol. The second kappa shape index (κ2) is 6.53. The van der Waals surface area contributed by atoms with Gasteiger partial charge in [-0.25, -0.2) is 9.07 Å². The summed E-state index contributed by atoms with van der Waals surface area (Å²) in [7, 11) is 1.88. The average molecular weight is 367 g/mol. The molecule has 0 N–H and O–H groups in total. The Kier molecular flexibility index (Phi) is 4.20. The molecule has 1 atom stereocenters. The number of rotatable bonds is 3. The standard InChI is InChI=1S/C20H18FN3OS/c1-14-18(19(25)24(22(14)2)17-6-4-3-5-7-17)23-12-13-26-20(23)15-8-10-16(21)11-9-15/h3-13,20H,1-2H3. The Morgan fingerprint density at radius 3 is 2.42 bits per heavy atom. The minimum Gasteiger partial charge on any atom is -0.324 e. The van der Waals surface area contributed by atoms with Gasteiger partial charge in [0.15, 0.2) is 0 Å². The van der Waals surface area contributed by atoms with Crippen LogP contribution >= 0.6 is 11.8 Å². The first-order valence-electron chi connectivity index (χ1n) is 8.28. The molecule has 3 aromatic rings. The van der Waals surface area contributed by atoms with Crippen molar-refractivity contribution in [2.24, 2.45) is 7.05 Å². The molecule has 0 fully saturated rings. The number of nitrogens with zero attached hydrogens (tertiary/aromatic N) is 3. The van der Waals surface area contributed by atoms with Crippen molar-refractivity contribution in [3.63, 3.8) is 0 Å². The zero-order valence-corrected chi connectivity index (χ0v) is 15.3. The van der Waals surface area contributed by atoms with E-state index in [0.717, 1.165) is 16.9 Å². The van der Waals surface area contributed by atoms with Crippen LogP contribution in [0.1, 0.15) is 16.6 Å². The maximum absolute atomic E-state index is 13.3. The molecule has 0 saturated heterocycles. The summed E-state index contributed by atoms with van der Waals surface area (Å²) in [5, 5.41) is 1.88. The summed E-state index contributed by atoms with van der Waals surface area (Å²) in [6.07, 6.45) is 1.91. The van der Waals surface area contributed by atoms with E-state index in [4.69, 9.17) is 0 Å². The molecular formula is C20H18FN3OS. The van der Waals surface area contributed by atoms with Crippen LogP contribution in [0.3, 0.4) is 0 Å². The second-order valence-corrected chi connectivity index (χ2v) is 7.13. The third-order valence-corrected chi connectivity index (χ3v) is 5.65. The highest BCUT2D eigenvalue weighted by molar-refractivity contribution is 8.02. The number of para-hydroxylation sites is 1. The van der Waals surface area contributed by atoms with E-state index in [1.165, 1.54) is 12.1 Å². The van der Waals surface area contributed by atoms with Gasteiger partial charge < -0.3 is 4.90 Å². The van der Waals surface area contributed by atoms with Crippen molar-refractivity contribution in [1.29, 1.82) is 0 Å². The number of hydrogen-bond donors (Lipinski definition) is 0. The quantitative estimate of drug-likeness (QED) is 0.690. The molecule has 1 aliphatic heterocycles. The van der Waals surface area contributed by atoms with Crippen LogP contribution in [0.2, 0.25) is 0 Å². The van der Waals surface area contributed by atoms with Crippen LogP contribution in [0, 0.1) is 12.7 Å². The van der Waals surface area contributed by atoms with Crippen molar-refractivity contribution in [1.82, 2.24) is 9.36 Å². The van der Waals surface area contributed by atoms with Gasteiger partial charge in [-0.2, -0.15) is 0 Å². The van der Waals surface area contributed by atoms with Gasteiger partial charge >= 0.3 is 0 Å². The van der Waals surface area contributed by atoms with E-state index in [-0.39, 0.29) is 16.8 Å². The SMILES string of the molecule is Cc1c(N2C=CSC2c2ccc(F)cc2)c(=O)n(-c2ccccc2)n1C. The first kappa shape index (κ1) is 16.7. The van der Waals surface area contributed by atoms with Crippen molar-refractivity contribution in [3.8, 4) is 5.69 Å². The summed E-state index contributed by atoms with van der Waals surface area (Å²) in [6, 6.07) is 16.0. The summed E-state index contributed by atoms with van der Waals surface area (Å²) in [4.78, 5) is 15.2. The zero-order valence-electron chi connectivity index (χ0n) is 14.5. The lowest BCUT2D eigenvalue weighted by Gasteiger charge is -2.24. The fourth-order valence-electron chi connectivity index (χ4n) is 3.23. The maximum atomic E-state index is 13.3. The summed E-state index contributed by atoms with van der Waals surface area (Å²) in [5.41, 5.74) is 3.21. The molecule has 0 amide bonds. The molecule has 4 nitrogen and oxygen atoms in total. The van der Waals surface area contributed by atoms with Crippen LogP contribution in [0.4, 0.5) is 10.1 Å². The van der Waals surface area contributed by atoms with Crippen molar-refractivity contribution in [2.75, 3.05) is 4.90 Å². The Hall–Kier alpha value is -2.73. The van der Waals surface area contributed by atoms with E-state index >= 15 is 0 Å². The molecule has 26 heavy (non-hydrogen) atoms. The monoisotopic (exact) mass is 367 g/mol. The second-order valence-electron chi connectivity index (χ2n) is 6.14. The van der Waals surface area contributed by atoms with Crippen LogP contribution in [0.5, 0.6) is 0 Å². The molecule has 6 heteroatoms. The largest absolute Gasteiger partial charge is 0.324 e. The number of halogens is 1. The van der Waals surface area contributed by atoms with Crippen molar-refractivity contribution < 1.29 is 4.39 Å². The smallest absolute Gasteiger partial charge is 0.295 e. The van der Waals surface area contributed by atoms with E-state index in [0.29, 0.717) is 5.69 Å². The first-order valence-corrected chi connectivity index (χ1v) is 9.22. The molecule has 1 unspecified atom stereocenters. The molecule has 132 valence electrons. The summed E-state index contributed by atoms with van der Waals surface area (Å²) in [6.45, 7) is 1.94. The lowest BCUT2D eigenvalue weighted by molar-refractivity contribution is 0.627. The highest BCUT2D eigenvalue weighted by Gasteiger charge is 2.29. The Morgan fingerprint density at radius 1 is 1.04 bits per heavy atom. The normalized spacial score (nSPS) is 16.4. The Bertz CT molecular complexity index is 1020. The molecule has 2 aromatic carbocycles.